The summed E-state index contributed by atoms with van der Waals surface area (Å²) in [5.41, 5.74) is -2.32. The summed E-state index contributed by atoms with van der Waals surface area (Å²) in [4.78, 5) is 62.9. The molecule has 0 aliphatic carbocycles. The number of Topliss-reactive ketones (excluding diaryl/α,β-unsaturated/α-hetero) is 1. The van der Waals surface area contributed by atoms with Crippen LogP contribution in [0.15, 0.2) is 36.4 Å². The first kappa shape index (κ1) is 43.8. The van der Waals surface area contributed by atoms with Gasteiger partial charge >= 0.3 is 11.9 Å². The first-order valence-electron chi connectivity index (χ1n) is 17.5. The Morgan fingerprint density at radius 2 is 1.58 bits per heavy atom. The molecule has 1 rings (SSSR count). The number of allylic oxidation sites excluding steroid dienone is 1. The zero-order chi connectivity index (χ0) is 37.2. The SMILES string of the molecule is CC#CCOc1ccc(C[C@H](NC(=O)[C@@H](C=CCCCCCCC(=O)CCCCCCC)[C@@](O)(CC(=O)NCCOC)C(=O)O)C(=O)O)cc1. The molecule has 3 atom stereocenters. The van der Waals surface area contributed by atoms with Crippen molar-refractivity contribution >= 4 is 29.5 Å². The third kappa shape index (κ3) is 18.0. The lowest BCUT2D eigenvalue weighted by atomic mass is 9.82. The summed E-state index contributed by atoms with van der Waals surface area (Å²) in [6.07, 6.45) is 11.9. The van der Waals surface area contributed by atoms with Gasteiger partial charge in [0.15, 0.2) is 5.60 Å². The number of ether oxygens (including phenoxy) is 2. The van der Waals surface area contributed by atoms with Crippen molar-refractivity contribution in [3.63, 3.8) is 0 Å². The molecule has 0 unspecified atom stereocenters. The summed E-state index contributed by atoms with van der Waals surface area (Å²) in [7, 11) is 1.42. The molecule has 1 aromatic rings. The van der Waals surface area contributed by atoms with E-state index in [-0.39, 0.29) is 32.0 Å². The zero-order valence-corrected chi connectivity index (χ0v) is 29.8. The van der Waals surface area contributed by atoms with Crippen LogP contribution in [0.25, 0.3) is 0 Å². The third-order valence-corrected chi connectivity index (χ3v) is 8.16. The predicted molar refractivity (Wildman–Crippen MR) is 189 cm³/mol. The molecule has 278 valence electrons. The average molecular weight is 701 g/mol. The van der Waals surface area contributed by atoms with Crippen LogP contribution in [-0.4, -0.2) is 83.4 Å². The van der Waals surface area contributed by atoms with Gasteiger partial charge in [0.05, 0.1) is 18.9 Å². The van der Waals surface area contributed by atoms with Crippen LogP contribution in [0.1, 0.15) is 103 Å². The van der Waals surface area contributed by atoms with Crippen molar-refractivity contribution in [2.24, 2.45) is 5.92 Å². The molecule has 0 saturated carbocycles. The molecule has 2 amide bonds. The number of rotatable bonds is 28. The van der Waals surface area contributed by atoms with Crippen LogP contribution in [0.3, 0.4) is 0 Å². The van der Waals surface area contributed by atoms with Crippen LogP contribution in [0, 0.1) is 17.8 Å². The van der Waals surface area contributed by atoms with Crippen LogP contribution in [0.4, 0.5) is 0 Å². The highest BCUT2D eigenvalue weighted by molar-refractivity contribution is 5.95. The number of nitrogens with one attached hydrogen (secondary N) is 2. The van der Waals surface area contributed by atoms with E-state index in [2.05, 4.69) is 29.4 Å². The molecule has 0 radical (unpaired) electrons. The molecule has 50 heavy (non-hydrogen) atoms. The number of benzene rings is 1. The fourth-order valence-electron chi connectivity index (χ4n) is 5.21. The third-order valence-electron chi connectivity index (χ3n) is 8.16. The van der Waals surface area contributed by atoms with E-state index in [1.807, 2.05) is 0 Å². The Labute approximate surface area is 296 Å². The number of carbonyl (C=O) groups excluding carboxylic acids is 3. The highest BCUT2D eigenvalue weighted by Gasteiger charge is 2.49. The second kappa shape index (κ2) is 25.7. The number of aliphatic carboxylic acids is 2. The van der Waals surface area contributed by atoms with Gasteiger partial charge in [-0.2, -0.15) is 0 Å². The number of hydrogen-bond donors (Lipinski definition) is 5. The molecule has 0 aliphatic heterocycles. The Hall–Kier alpha value is -4.21. The van der Waals surface area contributed by atoms with Crippen molar-refractivity contribution in [3.05, 3.63) is 42.0 Å². The van der Waals surface area contributed by atoms with Crippen molar-refractivity contribution in [1.29, 1.82) is 0 Å². The lowest BCUT2D eigenvalue weighted by molar-refractivity contribution is -0.169. The quantitative estimate of drug-likeness (QED) is 0.0469. The average Bonchev–Trinajstić information content (AvgIpc) is 3.07. The van der Waals surface area contributed by atoms with E-state index in [0.717, 1.165) is 44.9 Å². The number of methoxy groups -OCH3 is 1. The summed E-state index contributed by atoms with van der Waals surface area (Å²) in [6, 6.07) is 5.08. The molecule has 0 spiro atoms. The van der Waals surface area contributed by atoms with Gasteiger partial charge in [0.25, 0.3) is 0 Å². The number of carboxylic acid groups (broad SMARTS) is 2. The van der Waals surface area contributed by atoms with Crippen molar-refractivity contribution in [2.75, 3.05) is 26.9 Å². The van der Waals surface area contributed by atoms with Gasteiger partial charge < -0.3 is 35.4 Å². The van der Waals surface area contributed by atoms with E-state index in [4.69, 9.17) is 9.47 Å². The Bertz CT molecular complexity index is 1280. The van der Waals surface area contributed by atoms with Crippen LogP contribution >= 0.6 is 0 Å². The number of ketones is 1. The molecule has 5 N–H and O–H groups in total. The summed E-state index contributed by atoms with van der Waals surface area (Å²) < 4.78 is 10.4. The van der Waals surface area contributed by atoms with Crippen LogP contribution in [0.5, 0.6) is 5.75 Å². The number of unbranched alkanes of at least 4 members (excludes halogenated alkanes) is 8. The topological polar surface area (TPSA) is 189 Å². The van der Waals surface area contributed by atoms with Gasteiger partial charge in [-0.05, 0) is 50.3 Å². The van der Waals surface area contributed by atoms with Crippen molar-refractivity contribution in [3.8, 4) is 17.6 Å². The normalized spacial score (nSPS) is 13.4. The molecular formula is C38H56N2O10. The number of carboxylic acids is 2. The minimum absolute atomic E-state index is 0.0548. The smallest absolute Gasteiger partial charge is 0.337 e. The summed E-state index contributed by atoms with van der Waals surface area (Å²) >= 11 is 0. The minimum atomic E-state index is -2.88. The summed E-state index contributed by atoms with van der Waals surface area (Å²) in [6.45, 7) is 4.23. The lowest BCUT2D eigenvalue weighted by Gasteiger charge is -2.30. The van der Waals surface area contributed by atoms with E-state index in [1.165, 1.54) is 19.6 Å². The number of carbonyl (C=O) groups is 5. The first-order chi connectivity index (χ1) is 24.0. The second-order valence-electron chi connectivity index (χ2n) is 12.3. The van der Waals surface area contributed by atoms with Crippen molar-refractivity contribution < 1.29 is 48.8 Å². The maximum Gasteiger partial charge on any atom is 0.337 e. The summed E-state index contributed by atoms with van der Waals surface area (Å²) in [5, 5.41) is 36.1. The molecule has 12 nitrogen and oxygen atoms in total. The molecule has 0 fully saturated rings. The van der Waals surface area contributed by atoms with Crippen LogP contribution < -0.4 is 15.4 Å². The highest BCUT2D eigenvalue weighted by Crippen LogP contribution is 2.26. The monoisotopic (exact) mass is 700 g/mol. The molecule has 0 bridgehead atoms. The maximum absolute atomic E-state index is 13.6. The molecule has 0 aromatic heterocycles. The molecule has 12 heteroatoms. The number of hydrogen-bond acceptors (Lipinski definition) is 8. The van der Waals surface area contributed by atoms with E-state index < -0.39 is 47.7 Å². The van der Waals surface area contributed by atoms with Gasteiger partial charge in [-0.15, -0.1) is 5.92 Å². The minimum Gasteiger partial charge on any atom is -0.481 e. The zero-order valence-electron chi connectivity index (χ0n) is 29.8. The Morgan fingerprint density at radius 1 is 0.940 bits per heavy atom. The highest BCUT2D eigenvalue weighted by atomic mass is 16.5. The van der Waals surface area contributed by atoms with Crippen molar-refractivity contribution in [2.45, 2.75) is 115 Å². The molecule has 0 heterocycles. The standard InChI is InChI=1S/C38H56N2O10/c1-4-6-8-11-14-17-30(41)18-15-12-9-10-13-16-19-32(38(48,37(46)47)28-34(42)39-24-26-49-3)35(43)40-33(36(44)45)27-29-20-22-31(23-21-29)50-25-7-5-2/h16,19-23,32-33,48H,4,6,8-15,17-18,24-28H2,1-3H3,(H,39,42)(H,40,43)(H,44,45)(H,46,47)/t32-,33+,38+/m1/s1. The van der Waals surface area contributed by atoms with Gasteiger partial charge in [0.2, 0.25) is 11.8 Å². The number of aliphatic hydroxyl groups is 1. The van der Waals surface area contributed by atoms with Gasteiger partial charge in [-0.25, -0.2) is 9.59 Å². The summed E-state index contributed by atoms with van der Waals surface area (Å²) in [5.74, 6) is -0.571. The largest absolute Gasteiger partial charge is 0.481 e. The van der Waals surface area contributed by atoms with E-state index in [1.54, 1.807) is 37.3 Å². The Kier molecular flexibility index (Phi) is 22.5. The van der Waals surface area contributed by atoms with Gasteiger partial charge in [0.1, 0.15) is 24.2 Å². The van der Waals surface area contributed by atoms with Gasteiger partial charge in [0, 0.05) is 32.9 Å². The number of amides is 2. The van der Waals surface area contributed by atoms with Gasteiger partial charge in [-0.3, -0.25) is 14.4 Å². The fraction of sp³-hybridized carbons (Fsp3) is 0.605. The van der Waals surface area contributed by atoms with Crippen LogP contribution in [0.2, 0.25) is 0 Å². The van der Waals surface area contributed by atoms with E-state index >= 15 is 0 Å². The van der Waals surface area contributed by atoms with E-state index in [0.29, 0.717) is 37.0 Å². The molecule has 0 saturated heterocycles. The Balaban J connectivity index is 2.96. The van der Waals surface area contributed by atoms with Crippen LogP contribution in [-0.2, 0) is 35.1 Å². The lowest BCUT2D eigenvalue weighted by Crippen LogP contribution is -2.56. The fourth-order valence-corrected chi connectivity index (χ4v) is 5.21. The van der Waals surface area contributed by atoms with E-state index in [9.17, 15) is 39.3 Å². The molecule has 1 aromatic carbocycles. The second-order valence-corrected chi connectivity index (χ2v) is 12.3. The Morgan fingerprint density at radius 3 is 2.16 bits per heavy atom. The maximum atomic E-state index is 13.6. The predicted octanol–water partition coefficient (Wildman–Crippen LogP) is 4.61. The van der Waals surface area contributed by atoms with Gasteiger partial charge in [-0.1, -0.05) is 75.7 Å². The first-order valence-corrected chi connectivity index (χ1v) is 17.5. The molecular weight excluding hydrogens is 644 g/mol. The van der Waals surface area contributed by atoms with Crippen molar-refractivity contribution in [1.82, 2.24) is 10.6 Å². The molecule has 0 aliphatic rings.